The Morgan fingerprint density at radius 3 is 2.77 bits per heavy atom. The SMILES string of the molecule is Cc1cc(F)sc1C(=O)N1CCCC1c1cccc(F)c1F. The minimum atomic E-state index is -0.921. The van der Waals surface area contributed by atoms with E-state index in [1.807, 2.05) is 0 Å². The van der Waals surface area contributed by atoms with E-state index in [9.17, 15) is 18.0 Å². The van der Waals surface area contributed by atoms with Gasteiger partial charge in [0.05, 0.1) is 10.9 Å². The van der Waals surface area contributed by atoms with Crippen LogP contribution < -0.4 is 0 Å². The molecule has 1 unspecified atom stereocenters. The van der Waals surface area contributed by atoms with Crippen LogP contribution in [0.3, 0.4) is 0 Å². The molecule has 0 N–H and O–H groups in total. The molecule has 0 bridgehead atoms. The van der Waals surface area contributed by atoms with Crippen LogP contribution in [-0.4, -0.2) is 17.4 Å². The molecule has 1 fully saturated rings. The van der Waals surface area contributed by atoms with Gasteiger partial charge in [0, 0.05) is 12.1 Å². The van der Waals surface area contributed by atoms with Crippen molar-refractivity contribution in [2.45, 2.75) is 25.8 Å². The summed E-state index contributed by atoms with van der Waals surface area (Å²) in [6.45, 7) is 2.12. The highest BCUT2D eigenvalue weighted by Crippen LogP contribution is 2.36. The number of thiophene rings is 1. The van der Waals surface area contributed by atoms with Crippen LogP contribution in [-0.2, 0) is 0 Å². The maximum Gasteiger partial charge on any atom is 0.264 e. The van der Waals surface area contributed by atoms with E-state index in [1.54, 1.807) is 6.92 Å². The van der Waals surface area contributed by atoms with Crippen molar-refractivity contribution in [1.29, 1.82) is 0 Å². The fourth-order valence-electron chi connectivity index (χ4n) is 2.90. The van der Waals surface area contributed by atoms with Gasteiger partial charge in [0.15, 0.2) is 16.8 Å². The van der Waals surface area contributed by atoms with Crippen molar-refractivity contribution >= 4 is 17.2 Å². The van der Waals surface area contributed by atoms with Gasteiger partial charge < -0.3 is 4.90 Å². The van der Waals surface area contributed by atoms with Crippen LogP contribution in [0, 0.1) is 23.7 Å². The van der Waals surface area contributed by atoms with E-state index >= 15 is 0 Å². The molecule has 0 aliphatic carbocycles. The topological polar surface area (TPSA) is 20.3 Å². The van der Waals surface area contributed by atoms with Crippen molar-refractivity contribution in [1.82, 2.24) is 4.90 Å². The summed E-state index contributed by atoms with van der Waals surface area (Å²) in [7, 11) is 0. The van der Waals surface area contributed by atoms with Gasteiger partial charge in [-0.15, -0.1) is 11.3 Å². The maximum atomic E-state index is 14.0. The zero-order chi connectivity index (χ0) is 15.9. The Morgan fingerprint density at radius 2 is 2.09 bits per heavy atom. The lowest BCUT2D eigenvalue weighted by atomic mass is 10.0. The Kier molecular flexibility index (Phi) is 3.95. The molecule has 2 aromatic rings. The highest BCUT2D eigenvalue weighted by Gasteiger charge is 2.34. The average molecular weight is 325 g/mol. The molecule has 0 saturated carbocycles. The molecule has 1 aliphatic heterocycles. The van der Waals surface area contributed by atoms with Crippen molar-refractivity contribution in [3.63, 3.8) is 0 Å². The number of benzene rings is 1. The zero-order valence-corrected chi connectivity index (χ0v) is 12.7. The molecule has 3 rings (SSSR count). The first-order valence-electron chi connectivity index (χ1n) is 7.00. The third-order valence-corrected chi connectivity index (χ3v) is 4.95. The molecule has 2 nitrogen and oxygen atoms in total. The average Bonchev–Trinajstić information content (AvgIpc) is 3.07. The Morgan fingerprint density at radius 1 is 1.32 bits per heavy atom. The normalized spacial score (nSPS) is 18.0. The van der Waals surface area contributed by atoms with E-state index < -0.39 is 22.8 Å². The van der Waals surface area contributed by atoms with Gasteiger partial charge in [-0.05, 0) is 37.5 Å². The molecule has 0 spiro atoms. The summed E-state index contributed by atoms with van der Waals surface area (Å²) < 4.78 is 40.7. The standard InChI is InChI=1S/C16H14F3NOS/c1-9-8-13(18)22-15(9)16(21)20-7-3-6-12(20)10-4-2-5-11(17)14(10)19/h2,4-5,8,12H,3,6-7H2,1H3. The molecule has 2 heterocycles. The molecular weight excluding hydrogens is 311 g/mol. The number of likely N-dealkylation sites (tertiary alicyclic amines) is 1. The van der Waals surface area contributed by atoms with E-state index in [-0.39, 0.29) is 11.5 Å². The summed E-state index contributed by atoms with van der Waals surface area (Å²) in [4.78, 5) is 14.4. The predicted molar refractivity (Wildman–Crippen MR) is 78.4 cm³/mol. The number of nitrogens with zero attached hydrogens (tertiary/aromatic N) is 1. The van der Waals surface area contributed by atoms with Crippen LogP contribution in [0.4, 0.5) is 13.2 Å². The van der Waals surface area contributed by atoms with Crippen molar-refractivity contribution in [2.75, 3.05) is 6.54 Å². The molecule has 6 heteroatoms. The maximum absolute atomic E-state index is 14.0. The summed E-state index contributed by atoms with van der Waals surface area (Å²) in [5.74, 6) is -2.16. The summed E-state index contributed by atoms with van der Waals surface area (Å²) in [5.41, 5.74) is 0.749. The quantitative estimate of drug-likeness (QED) is 0.799. The number of aryl methyl sites for hydroxylation is 1. The fraction of sp³-hybridized carbons (Fsp3) is 0.312. The van der Waals surface area contributed by atoms with Gasteiger partial charge in [-0.2, -0.15) is 4.39 Å². The zero-order valence-electron chi connectivity index (χ0n) is 11.9. The van der Waals surface area contributed by atoms with Gasteiger partial charge in [-0.1, -0.05) is 12.1 Å². The van der Waals surface area contributed by atoms with E-state index in [2.05, 4.69) is 0 Å². The van der Waals surface area contributed by atoms with E-state index in [1.165, 1.54) is 23.1 Å². The smallest absolute Gasteiger partial charge is 0.264 e. The van der Waals surface area contributed by atoms with Crippen LogP contribution in [0.5, 0.6) is 0 Å². The van der Waals surface area contributed by atoms with Gasteiger partial charge in [0.25, 0.3) is 5.91 Å². The monoisotopic (exact) mass is 325 g/mol. The van der Waals surface area contributed by atoms with Crippen LogP contribution >= 0.6 is 11.3 Å². The van der Waals surface area contributed by atoms with Crippen LogP contribution in [0.25, 0.3) is 0 Å². The third-order valence-electron chi connectivity index (χ3n) is 3.94. The summed E-state index contributed by atoms with van der Waals surface area (Å²) in [6, 6.07) is 4.79. The number of halogens is 3. The van der Waals surface area contributed by atoms with Crippen molar-refractivity contribution in [3.05, 3.63) is 57.0 Å². The molecule has 1 saturated heterocycles. The van der Waals surface area contributed by atoms with Gasteiger partial charge in [-0.3, -0.25) is 4.79 Å². The number of carbonyl (C=O) groups excluding carboxylic acids is 1. The lowest BCUT2D eigenvalue weighted by Gasteiger charge is -2.25. The number of rotatable bonds is 2. The van der Waals surface area contributed by atoms with Crippen molar-refractivity contribution in [3.8, 4) is 0 Å². The van der Waals surface area contributed by atoms with Crippen LogP contribution in [0.15, 0.2) is 24.3 Å². The highest BCUT2D eigenvalue weighted by molar-refractivity contribution is 7.12. The second kappa shape index (κ2) is 5.76. The molecule has 1 aliphatic rings. The van der Waals surface area contributed by atoms with Gasteiger partial charge in [0.1, 0.15) is 0 Å². The third kappa shape index (κ3) is 2.52. The molecule has 116 valence electrons. The summed E-state index contributed by atoms with van der Waals surface area (Å²) in [6.07, 6.45) is 1.28. The van der Waals surface area contributed by atoms with Crippen LogP contribution in [0.1, 0.15) is 39.7 Å². The van der Waals surface area contributed by atoms with Gasteiger partial charge in [-0.25, -0.2) is 8.78 Å². The molecule has 1 aromatic carbocycles. The fourth-order valence-corrected chi connectivity index (χ4v) is 3.75. The predicted octanol–water partition coefficient (Wildman–Crippen LogP) is 4.45. The van der Waals surface area contributed by atoms with Crippen molar-refractivity contribution in [2.24, 2.45) is 0 Å². The van der Waals surface area contributed by atoms with Crippen LogP contribution in [0.2, 0.25) is 0 Å². The number of hydrogen-bond acceptors (Lipinski definition) is 2. The Balaban J connectivity index is 1.95. The number of carbonyl (C=O) groups is 1. The van der Waals surface area contributed by atoms with Crippen molar-refractivity contribution < 1.29 is 18.0 Å². The number of amides is 1. The molecule has 1 amide bonds. The second-order valence-corrected chi connectivity index (χ2v) is 6.36. The van der Waals surface area contributed by atoms with E-state index in [0.717, 1.165) is 17.4 Å². The first-order valence-corrected chi connectivity index (χ1v) is 7.81. The molecule has 1 atom stereocenters. The highest BCUT2D eigenvalue weighted by atomic mass is 32.1. The minimum Gasteiger partial charge on any atom is -0.331 e. The Hall–Kier alpha value is -1.82. The lowest BCUT2D eigenvalue weighted by Crippen LogP contribution is -2.31. The Bertz CT molecular complexity index is 728. The molecule has 1 aromatic heterocycles. The number of hydrogen-bond donors (Lipinski definition) is 0. The molecule has 22 heavy (non-hydrogen) atoms. The summed E-state index contributed by atoms with van der Waals surface area (Å²) in [5, 5.41) is -0.423. The lowest BCUT2D eigenvalue weighted by molar-refractivity contribution is 0.0737. The van der Waals surface area contributed by atoms with E-state index in [0.29, 0.717) is 29.8 Å². The largest absolute Gasteiger partial charge is 0.331 e. The first-order chi connectivity index (χ1) is 10.5. The van der Waals surface area contributed by atoms with E-state index in [4.69, 9.17) is 0 Å². The minimum absolute atomic E-state index is 0.181. The van der Waals surface area contributed by atoms with Gasteiger partial charge in [0.2, 0.25) is 0 Å². The van der Waals surface area contributed by atoms with Gasteiger partial charge >= 0.3 is 0 Å². The second-order valence-electron chi connectivity index (χ2n) is 5.36. The molecule has 0 radical (unpaired) electrons. The Labute approximate surface area is 130 Å². The summed E-state index contributed by atoms with van der Waals surface area (Å²) >= 11 is 0.788. The molecular formula is C16H14F3NOS. The first kappa shape index (κ1) is 15.1.